The zero-order chi connectivity index (χ0) is 23.2. The van der Waals surface area contributed by atoms with Gasteiger partial charge in [-0.1, -0.05) is 12.1 Å². The first-order valence-electron chi connectivity index (χ1n) is 10.8. The highest BCUT2D eigenvalue weighted by Gasteiger charge is 2.18. The molecule has 0 atom stereocenters. The lowest BCUT2D eigenvalue weighted by atomic mass is 10.1. The summed E-state index contributed by atoms with van der Waals surface area (Å²) in [4.78, 5) is 30.8. The predicted octanol–water partition coefficient (Wildman–Crippen LogP) is 4.38. The second-order valence-electron chi connectivity index (χ2n) is 7.83. The number of primary amides is 1. The second kappa shape index (κ2) is 10.3. The highest BCUT2D eigenvalue weighted by molar-refractivity contribution is 7.09. The van der Waals surface area contributed by atoms with Gasteiger partial charge in [-0.3, -0.25) is 9.59 Å². The van der Waals surface area contributed by atoms with E-state index in [2.05, 4.69) is 15.2 Å². The number of thiazole rings is 1. The standard InChI is InChI=1S/C25H26N4O3S/c1-17-27-20(16-33-17)15-32-21-8-4-18(5-9-21)6-11-24(30)28-22-14-19(25(26)31)7-10-23(22)29-12-2-3-13-29/h4-11,14,16H,2-3,12-13,15H2,1H3,(H2,26,31)(H,28,30)/b11-6+. The predicted molar refractivity (Wildman–Crippen MR) is 132 cm³/mol. The summed E-state index contributed by atoms with van der Waals surface area (Å²) >= 11 is 1.60. The van der Waals surface area contributed by atoms with Crippen molar-refractivity contribution in [2.45, 2.75) is 26.4 Å². The van der Waals surface area contributed by atoms with Crippen LogP contribution in [0.4, 0.5) is 11.4 Å². The number of carbonyl (C=O) groups is 2. The molecule has 2 heterocycles. The number of aryl methyl sites for hydroxylation is 1. The first kappa shape index (κ1) is 22.5. The van der Waals surface area contributed by atoms with Gasteiger partial charge in [0.15, 0.2) is 0 Å². The van der Waals surface area contributed by atoms with Crippen molar-refractivity contribution in [1.29, 1.82) is 0 Å². The Labute approximate surface area is 196 Å². The highest BCUT2D eigenvalue weighted by Crippen LogP contribution is 2.30. The lowest BCUT2D eigenvalue weighted by molar-refractivity contribution is -0.111. The number of nitrogens with zero attached hydrogens (tertiary/aromatic N) is 2. The van der Waals surface area contributed by atoms with Crippen molar-refractivity contribution in [3.05, 3.63) is 75.7 Å². The van der Waals surface area contributed by atoms with Gasteiger partial charge in [0.05, 0.1) is 22.1 Å². The third-order valence-electron chi connectivity index (χ3n) is 5.35. The molecule has 2 amide bonds. The van der Waals surface area contributed by atoms with Crippen LogP contribution in [0.15, 0.2) is 53.9 Å². The van der Waals surface area contributed by atoms with Crippen LogP contribution in [0.5, 0.6) is 5.75 Å². The fraction of sp³-hybridized carbons (Fsp3) is 0.240. The van der Waals surface area contributed by atoms with Gasteiger partial charge in [0.2, 0.25) is 11.8 Å². The van der Waals surface area contributed by atoms with Gasteiger partial charge in [-0.15, -0.1) is 11.3 Å². The molecule has 170 valence electrons. The minimum Gasteiger partial charge on any atom is -0.487 e. The van der Waals surface area contributed by atoms with Crippen molar-refractivity contribution in [1.82, 2.24) is 4.98 Å². The molecule has 0 saturated carbocycles. The summed E-state index contributed by atoms with van der Waals surface area (Å²) < 4.78 is 5.76. The second-order valence-corrected chi connectivity index (χ2v) is 8.89. The van der Waals surface area contributed by atoms with Crippen LogP contribution >= 0.6 is 11.3 Å². The molecule has 0 spiro atoms. The van der Waals surface area contributed by atoms with Gasteiger partial charge >= 0.3 is 0 Å². The Morgan fingerprint density at radius 2 is 1.94 bits per heavy atom. The fourth-order valence-electron chi connectivity index (χ4n) is 3.68. The van der Waals surface area contributed by atoms with Crippen molar-refractivity contribution in [3.63, 3.8) is 0 Å². The molecule has 1 aliphatic heterocycles. The summed E-state index contributed by atoms with van der Waals surface area (Å²) in [5.41, 5.74) is 9.05. The average molecular weight is 463 g/mol. The maximum atomic E-state index is 12.6. The molecular formula is C25H26N4O3S. The monoisotopic (exact) mass is 462 g/mol. The lowest BCUT2D eigenvalue weighted by Crippen LogP contribution is -2.21. The molecule has 33 heavy (non-hydrogen) atoms. The Bertz CT molecular complexity index is 1160. The fourth-order valence-corrected chi connectivity index (χ4v) is 4.27. The summed E-state index contributed by atoms with van der Waals surface area (Å²) in [5.74, 6) is -0.0710. The number of nitrogens with two attached hydrogens (primary N) is 1. The molecule has 3 N–H and O–H groups in total. The first-order chi connectivity index (χ1) is 16.0. The van der Waals surface area contributed by atoms with Crippen LogP contribution in [-0.4, -0.2) is 29.9 Å². The van der Waals surface area contributed by atoms with Crippen molar-refractivity contribution in [2.24, 2.45) is 5.73 Å². The van der Waals surface area contributed by atoms with Gasteiger partial charge in [-0.05, 0) is 61.7 Å². The Kier molecular flexibility index (Phi) is 7.04. The number of nitrogens with one attached hydrogen (secondary N) is 1. The number of aromatic nitrogens is 1. The summed E-state index contributed by atoms with van der Waals surface area (Å²) in [5, 5.41) is 5.90. The molecule has 0 radical (unpaired) electrons. The van der Waals surface area contributed by atoms with Crippen LogP contribution in [0.25, 0.3) is 6.08 Å². The number of anilines is 2. The third kappa shape index (κ3) is 5.98. The number of hydrogen-bond donors (Lipinski definition) is 2. The van der Waals surface area contributed by atoms with Crippen LogP contribution in [-0.2, 0) is 11.4 Å². The van der Waals surface area contributed by atoms with Crippen LogP contribution in [0.3, 0.4) is 0 Å². The quantitative estimate of drug-likeness (QED) is 0.484. The van der Waals surface area contributed by atoms with E-state index < -0.39 is 5.91 Å². The molecule has 1 saturated heterocycles. The molecule has 0 bridgehead atoms. The van der Waals surface area contributed by atoms with Crippen LogP contribution in [0.2, 0.25) is 0 Å². The molecule has 1 aliphatic rings. The van der Waals surface area contributed by atoms with Gasteiger partial charge < -0.3 is 20.7 Å². The first-order valence-corrected chi connectivity index (χ1v) is 11.7. The van der Waals surface area contributed by atoms with Crippen molar-refractivity contribution in [3.8, 4) is 5.75 Å². The normalized spacial score (nSPS) is 13.4. The van der Waals surface area contributed by atoms with Gasteiger partial charge in [-0.2, -0.15) is 0 Å². The largest absolute Gasteiger partial charge is 0.487 e. The number of ether oxygens (including phenoxy) is 1. The topological polar surface area (TPSA) is 97.5 Å². The summed E-state index contributed by atoms with van der Waals surface area (Å²) in [6.07, 6.45) is 5.41. The average Bonchev–Trinajstić information content (AvgIpc) is 3.49. The van der Waals surface area contributed by atoms with E-state index in [0.29, 0.717) is 17.9 Å². The zero-order valence-corrected chi connectivity index (χ0v) is 19.2. The number of amides is 2. The molecule has 0 unspecified atom stereocenters. The van der Waals surface area contributed by atoms with E-state index >= 15 is 0 Å². The van der Waals surface area contributed by atoms with Crippen LogP contribution in [0.1, 0.15) is 39.5 Å². The molecule has 4 rings (SSSR count). The zero-order valence-electron chi connectivity index (χ0n) is 18.4. The number of carbonyl (C=O) groups excluding carboxylic acids is 2. The van der Waals surface area contributed by atoms with Crippen molar-refractivity contribution < 1.29 is 14.3 Å². The lowest BCUT2D eigenvalue weighted by Gasteiger charge is -2.21. The summed E-state index contributed by atoms with van der Waals surface area (Å²) in [6.45, 7) is 4.23. The highest BCUT2D eigenvalue weighted by atomic mass is 32.1. The third-order valence-corrected chi connectivity index (χ3v) is 6.17. The molecule has 3 aromatic rings. The Hall–Kier alpha value is -3.65. The minimum absolute atomic E-state index is 0.281. The van der Waals surface area contributed by atoms with Gasteiger partial charge in [0.1, 0.15) is 12.4 Å². The van der Waals surface area contributed by atoms with E-state index in [4.69, 9.17) is 10.5 Å². The van der Waals surface area contributed by atoms with Gasteiger partial charge in [0, 0.05) is 30.1 Å². The molecule has 0 aliphatic carbocycles. The Balaban J connectivity index is 1.39. The Morgan fingerprint density at radius 1 is 1.18 bits per heavy atom. The smallest absolute Gasteiger partial charge is 0.248 e. The molecule has 8 heteroatoms. The van der Waals surface area contributed by atoms with E-state index in [1.807, 2.05) is 42.6 Å². The molecule has 2 aromatic carbocycles. The molecule has 1 aromatic heterocycles. The molecule has 7 nitrogen and oxygen atoms in total. The van der Waals surface area contributed by atoms with Gasteiger partial charge in [-0.25, -0.2) is 4.98 Å². The van der Waals surface area contributed by atoms with E-state index in [-0.39, 0.29) is 5.91 Å². The van der Waals surface area contributed by atoms with Crippen molar-refractivity contribution in [2.75, 3.05) is 23.3 Å². The molecular weight excluding hydrogens is 436 g/mol. The van der Waals surface area contributed by atoms with Gasteiger partial charge in [0.25, 0.3) is 0 Å². The van der Waals surface area contributed by atoms with E-state index in [9.17, 15) is 9.59 Å². The number of hydrogen-bond acceptors (Lipinski definition) is 6. The van der Waals surface area contributed by atoms with E-state index in [1.165, 1.54) is 6.08 Å². The Morgan fingerprint density at radius 3 is 2.61 bits per heavy atom. The van der Waals surface area contributed by atoms with E-state index in [1.54, 1.807) is 29.5 Å². The summed E-state index contributed by atoms with van der Waals surface area (Å²) in [6, 6.07) is 12.7. The SMILES string of the molecule is Cc1nc(COc2ccc(/C=C/C(=O)Nc3cc(C(N)=O)ccc3N3CCCC3)cc2)cs1. The van der Waals surface area contributed by atoms with Crippen molar-refractivity contribution >= 4 is 40.6 Å². The maximum Gasteiger partial charge on any atom is 0.248 e. The minimum atomic E-state index is -0.527. The van der Waals surface area contributed by atoms with Crippen LogP contribution in [0, 0.1) is 6.92 Å². The number of rotatable bonds is 8. The molecule has 1 fully saturated rings. The maximum absolute atomic E-state index is 12.6. The number of benzene rings is 2. The van der Waals surface area contributed by atoms with Crippen LogP contribution < -0.4 is 20.7 Å². The summed E-state index contributed by atoms with van der Waals surface area (Å²) in [7, 11) is 0. The van der Waals surface area contributed by atoms with E-state index in [0.717, 1.165) is 53.6 Å².